The first-order chi connectivity index (χ1) is 11.8. The van der Waals surface area contributed by atoms with Gasteiger partial charge in [-0.05, 0) is 18.9 Å². The van der Waals surface area contributed by atoms with Crippen LogP contribution in [0, 0.1) is 5.92 Å². The van der Waals surface area contributed by atoms with Gasteiger partial charge in [-0.1, -0.05) is 0 Å². The molecule has 0 spiro atoms. The minimum atomic E-state index is 0.00940. The summed E-state index contributed by atoms with van der Waals surface area (Å²) < 4.78 is 11.8. The Hall–Kier alpha value is -1.77. The van der Waals surface area contributed by atoms with E-state index in [0.29, 0.717) is 38.0 Å². The molecule has 0 bridgehead atoms. The number of aromatic amines is 1. The average molecular weight is 348 g/mol. The molecule has 2 aromatic heterocycles. The molecule has 1 N–H and O–H groups in total. The molecule has 8 heteroatoms. The lowest BCUT2D eigenvalue weighted by Gasteiger charge is -2.39. The smallest absolute Gasteiger partial charge is 0.272 e. The van der Waals surface area contributed by atoms with Crippen molar-refractivity contribution < 1.29 is 14.3 Å². The highest BCUT2D eigenvalue weighted by Crippen LogP contribution is 2.35. The molecule has 1 saturated heterocycles. The third-order valence-corrected chi connectivity index (χ3v) is 5.51. The quantitative estimate of drug-likeness (QED) is 0.890. The maximum atomic E-state index is 12.6. The Bertz CT molecular complexity index is 661. The van der Waals surface area contributed by atoms with Gasteiger partial charge in [0.05, 0.1) is 32.0 Å². The van der Waals surface area contributed by atoms with Crippen LogP contribution in [0.5, 0.6) is 0 Å². The Morgan fingerprint density at radius 1 is 1.46 bits per heavy atom. The number of nitrogens with one attached hydrogen (secondary N) is 1. The second kappa shape index (κ2) is 7.00. The van der Waals surface area contributed by atoms with E-state index in [9.17, 15) is 4.79 Å². The highest BCUT2D eigenvalue weighted by atomic mass is 32.1. The molecule has 3 heterocycles. The summed E-state index contributed by atoms with van der Waals surface area (Å²) in [5.74, 6) is 0.336. The number of hydrogen-bond donors (Lipinski definition) is 1. The lowest BCUT2D eigenvalue weighted by molar-refractivity contribution is -0.0766. The zero-order chi connectivity index (χ0) is 16.4. The fourth-order valence-corrected chi connectivity index (χ4v) is 4.19. The summed E-state index contributed by atoms with van der Waals surface area (Å²) in [6.45, 7) is 2.39. The first-order valence-corrected chi connectivity index (χ1v) is 9.09. The molecule has 24 heavy (non-hydrogen) atoms. The molecule has 7 nitrogen and oxygen atoms in total. The summed E-state index contributed by atoms with van der Waals surface area (Å²) in [5, 5.41) is 9.58. The molecule has 2 aromatic rings. The van der Waals surface area contributed by atoms with E-state index < -0.39 is 0 Å². The third kappa shape index (κ3) is 3.09. The van der Waals surface area contributed by atoms with Gasteiger partial charge in [-0.3, -0.25) is 9.89 Å². The van der Waals surface area contributed by atoms with E-state index >= 15 is 0 Å². The lowest BCUT2D eigenvalue weighted by atomic mass is 10.0. The Morgan fingerprint density at radius 3 is 3.21 bits per heavy atom. The second-order valence-electron chi connectivity index (χ2n) is 6.15. The van der Waals surface area contributed by atoms with Crippen molar-refractivity contribution in [2.75, 3.05) is 19.8 Å². The highest BCUT2D eigenvalue weighted by Gasteiger charge is 2.44. The van der Waals surface area contributed by atoms with Crippen LogP contribution in [0.1, 0.15) is 28.3 Å². The van der Waals surface area contributed by atoms with E-state index in [2.05, 4.69) is 15.2 Å². The van der Waals surface area contributed by atoms with Crippen LogP contribution in [0.2, 0.25) is 0 Å². The normalized spacial score (nSPS) is 26.5. The van der Waals surface area contributed by atoms with Crippen LogP contribution in [0.15, 0.2) is 23.8 Å². The molecule has 0 aromatic carbocycles. The monoisotopic (exact) mass is 348 g/mol. The zero-order valence-corrected chi connectivity index (χ0v) is 14.1. The summed E-state index contributed by atoms with van der Waals surface area (Å²) in [5.41, 5.74) is 0.541. The van der Waals surface area contributed by atoms with E-state index in [4.69, 9.17) is 9.47 Å². The van der Waals surface area contributed by atoms with Crippen LogP contribution >= 0.6 is 11.3 Å². The van der Waals surface area contributed by atoms with Crippen molar-refractivity contribution in [1.29, 1.82) is 0 Å². The van der Waals surface area contributed by atoms with E-state index in [0.717, 1.165) is 17.8 Å². The molecule has 2 aliphatic rings. The highest BCUT2D eigenvalue weighted by molar-refractivity contribution is 7.09. The van der Waals surface area contributed by atoms with Crippen LogP contribution in [0.4, 0.5) is 0 Å². The number of fused-ring (bicyclic) bond motifs is 1. The second-order valence-corrected chi connectivity index (χ2v) is 7.13. The van der Waals surface area contributed by atoms with Gasteiger partial charge in [-0.25, -0.2) is 4.98 Å². The Morgan fingerprint density at radius 2 is 2.42 bits per heavy atom. The Kier molecular flexibility index (Phi) is 4.59. The molecule has 0 radical (unpaired) electrons. The first-order valence-electron chi connectivity index (χ1n) is 8.21. The van der Waals surface area contributed by atoms with Crippen molar-refractivity contribution in [2.45, 2.75) is 31.6 Å². The largest absolute Gasteiger partial charge is 0.374 e. The molecule has 1 aliphatic carbocycles. The number of amides is 1. The van der Waals surface area contributed by atoms with Gasteiger partial charge in [0.25, 0.3) is 5.91 Å². The van der Waals surface area contributed by atoms with Crippen LogP contribution < -0.4 is 0 Å². The molecular weight excluding hydrogens is 328 g/mol. The minimum absolute atomic E-state index is 0.00940. The SMILES string of the molecule is O=C(c1ccn[nH]1)N1CCO[C@@H]2[C@@H](COCc3nccs3)CC[C@@H]21. The van der Waals surface area contributed by atoms with Gasteiger partial charge in [0.1, 0.15) is 10.7 Å². The first kappa shape index (κ1) is 15.7. The van der Waals surface area contributed by atoms with Gasteiger partial charge in [0, 0.05) is 30.2 Å². The molecule has 128 valence electrons. The summed E-state index contributed by atoms with van der Waals surface area (Å²) in [6, 6.07) is 1.85. The van der Waals surface area contributed by atoms with E-state index in [1.165, 1.54) is 0 Å². The van der Waals surface area contributed by atoms with Crippen molar-refractivity contribution in [3.05, 3.63) is 34.5 Å². The molecule has 4 rings (SSSR count). The number of rotatable bonds is 5. The number of carbonyl (C=O) groups is 1. The van der Waals surface area contributed by atoms with Crippen molar-refractivity contribution in [3.63, 3.8) is 0 Å². The van der Waals surface area contributed by atoms with E-state index in [1.54, 1.807) is 29.8 Å². The van der Waals surface area contributed by atoms with Gasteiger partial charge in [-0.15, -0.1) is 11.3 Å². The fraction of sp³-hybridized carbons (Fsp3) is 0.562. The van der Waals surface area contributed by atoms with Gasteiger partial charge >= 0.3 is 0 Å². The number of nitrogens with zero attached hydrogens (tertiary/aromatic N) is 3. The summed E-state index contributed by atoms with van der Waals surface area (Å²) in [4.78, 5) is 18.8. The maximum Gasteiger partial charge on any atom is 0.272 e. The van der Waals surface area contributed by atoms with Crippen LogP contribution in [-0.4, -0.2) is 57.9 Å². The molecule has 1 saturated carbocycles. The van der Waals surface area contributed by atoms with Gasteiger partial charge in [-0.2, -0.15) is 5.10 Å². The number of ether oxygens (including phenoxy) is 2. The topological polar surface area (TPSA) is 80.3 Å². The number of H-pyrrole nitrogens is 1. The third-order valence-electron chi connectivity index (χ3n) is 4.75. The summed E-state index contributed by atoms with van der Waals surface area (Å²) in [6.07, 6.45) is 5.42. The standard InChI is InChI=1S/C16H20N4O3S/c21-16(12-3-4-18-19-12)20-6-7-23-15-11(1-2-13(15)20)9-22-10-14-17-5-8-24-14/h3-5,8,11,13,15H,1-2,6-7,9-10H2,(H,18,19)/t11-,13+,15-/m1/s1. The fourth-order valence-electron chi connectivity index (χ4n) is 3.64. The Balaban J connectivity index is 1.36. The number of thiazole rings is 1. The van der Waals surface area contributed by atoms with Gasteiger partial charge < -0.3 is 14.4 Å². The predicted molar refractivity (Wildman–Crippen MR) is 87.6 cm³/mol. The van der Waals surface area contributed by atoms with Gasteiger partial charge in [0.2, 0.25) is 0 Å². The number of hydrogen-bond acceptors (Lipinski definition) is 6. The molecule has 3 atom stereocenters. The van der Waals surface area contributed by atoms with Crippen LogP contribution in [-0.2, 0) is 16.1 Å². The van der Waals surface area contributed by atoms with Crippen molar-refractivity contribution in [3.8, 4) is 0 Å². The van der Waals surface area contributed by atoms with Crippen LogP contribution in [0.25, 0.3) is 0 Å². The molecule has 0 unspecified atom stereocenters. The molecular formula is C16H20N4O3S. The number of carbonyl (C=O) groups excluding carboxylic acids is 1. The lowest BCUT2D eigenvalue weighted by Crippen LogP contribution is -2.53. The summed E-state index contributed by atoms with van der Waals surface area (Å²) >= 11 is 1.60. The van der Waals surface area contributed by atoms with E-state index in [1.807, 2.05) is 10.3 Å². The zero-order valence-electron chi connectivity index (χ0n) is 13.3. The maximum absolute atomic E-state index is 12.6. The predicted octanol–water partition coefficient (Wildman–Crippen LogP) is 1.70. The average Bonchev–Trinajstić information content (AvgIpc) is 3.36. The molecule has 1 amide bonds. The number of morpholine rings is 1. The van der Waals surface area contributed by atoms with Crippen LogP contribution in [0.3, 0.4) is 0 Å². The van der Waals surface area contributed by atoms with Crippen molar-refractivity contribution >= 4 is 17.2 Å². The van der Waals surface area contributed by atoms with E-state index in [-0.39, 0.29) is 18.1 Å². The van der Waals surface area contributed by atoms with Crippen molar-refractivity contribution in [2.24, 2.45) is 5.92 Å². The van der Waals surface area contributed by atoms with Gasteiger partial charge in [0.15, 0.2) is 0 Å². The van der Waals surface area contributed by atoms with Crippen molar-refractivity contribution in [1.82, 2.24) is 20.1 Å². The Labute approximate surface area is 144 Å². The number of aromatic nitrogens is 3. The molecule has 1 aliphatic heterocycles. The summed E-state index contributed by atoms with van der Waals surface area (Å²) in [7, 11) is 0. The molecule has 2 fully saturated rings. The minimum Gasteiger partial charge on any atom is -0.374 e.